The first-order valence-electron chi connectivity index (χ1n) is 9.02. The fraction of sp³-hybridized carbons (Fsp3) is 0.143. The first-order chi connectivity index (χ1) is 15.6. The highest BCUT2D eigenvalue weighted by molar-refractivity contribution is 6.95. The summed E-state index contributed by atoms with van der Waals surface area (Å²) in [5, 5.41) is 0. The minimum atomic E-state index is -2.36. The molecular formula is C21H13BF8O3. The van der Waals surface area contributed by atoms with Crippen LogP contribution in [0.5, 0.6) is 17.2 Å². The maximum Gasteiger partial charge on any atom is 0.260 e. The summed E-state index contributed by atoms with van der Waals surface area (Å²) in [6, 6.07) is 1.17. The third-order valence-corrected chi connectivity index (χ3v) is 4.89. The SMILES string of the molecule is COc1cc(B(c2c(F)cc(F)c(OC)c2F)c2c(F)cc(F)c(OC)c2F)c(F)cc1F. The van der Waals surface area contributed by atoms with Crippen LogP contribution in [-0.2, 0) is 0 Å². The van der Waals surface area contributed by atoms with Gasteiger partial charge in [-0.25, -0.2) is 35.1 Å². The average Bonchev–Trinajstić information content (AvgIpc) is 2.73. The Morgan fingerprint density at radius 3 is 1.33 bits per heavy atom. The molecule has 3 aromatic carbocycles. The summed E-state index contributed by atoms with van der Waals surface area (Å²) >= 11 is 0. The minimum Gasteiger partial charge on any atom is -0.494 e. The number of hydrogen-bond acceptors (Lipinski definition) is 3. The molecule has 0 saturated carbocycles. The lowest BCUT2D eigenvalue weighted by Crippen LogP contribution is -2.58. The molecule has 0 amide bonds. The molecule has 0 radical (unpaired) electrons. The fourth-order valence-electron chi connectivity index (χ4n) is 3.45. The van der Waals surface area contributed by atoms with E-state index in [1.807, 2.05) is 0 Å². The summed E-state index contributed by atoms with van der Waals surface area (Å²) in [6.07, 6.45) is 0. The summed E-state index contributed by atoms with van der Waals surface area (Å²) in [4.78, 5) is 0. The molecule has 0 atom stereocenters. The number of hydrogen-bond donors (Lipinski definition) is 0. The number of methoxy groups -OCH3 is 3. The van der Waals surface area contributed by atoms with Gasteiger partial charge in [-0.2, -0.15) is 0 Å². The van der Waals surface area contributed by atoms with Crippen LogP contribution in [0.2, 0.25) is 0 Å². The van der Waals surface area contributed by atoms with Crippen molar-refractivity contribution in [3.8, 4) is 17.2 Å². The monoisotopic (exact) mass is 476 g/mol. The molecule has 0 spiro atoms. The van der Waals surface area contributed by atoms with Crippen molar-refractivity contribution in [1.82, 2.24) is 0 Å². The Morgan fingerprint density at radius 2 is 0.939 bits per heavy atom. The summed E-state index contributed by atoms with van der Waals surface area (Å²) in [5.41, 5.74) is -3.38. The molecule has 0 aliphatic rings. The molecule has 0 N–H and O–H groups in total. The van der Waals surface area contributed by atoms with Crippen LogP contribution in [-0.4, -0.2) is 28.0 Å². The molecule has 0 aliphatic carbocycles. The van der Waals surface area contributed by atoms with Gasteiger partial charge in [0.2, 0.25) is 0 Å². The molecule has 0 saturated heterocycles. The normalized spacial score (nSPS) is 10.9. The molecular weight excluding hydrogens is 463 g/mol. The molecule has 3 rings (SSSR count). The molecule has 3 aromatic rings. The number of ether oxygens (including phenoxy) is 3. The quantitative estimate of drug-likeness (QED) is 0.404. The van der Waals surface area contributed by atoms with Crippen LogP contribution in [0.15, 0.2) is 24.3 Å². The van der Waals surface area contributed by atoms with Crippen LogP contribution in [0, 0.1) is 46.5 Å². The Kier molecular flexibility index (Phi) is 6.75. The second-order valence-corrected chi connectivity index (χ2v) is 6.64. The van der Waals surface area contributed by atoms with Crippen LogP contribution in [0.4, 0.5) is 35.1 Å². The Bertz CT molecular complexity index is 1170. The lowest BCUT2D eigenvalue weighted by molar-refractivity contribution is 0.357. The van der Waals surface area contributed by atoms with Crippen molar-refractivity contribution in [3.63, 3.8) is 0 Å². The van der Waals surface area contributed by atoms with E-state index in [2.05, 4.69) is 9.47 Å². The van der Waals surface area contributed by atoms with Crippen LogP contribution < -0.4 is 30.6 Å². The van der Waals surface area contributed by atoms with Gasteiger partial charge in [-0.15, -0.1) is 0 Å². The van der Waals surface area contributed by atoms with E-state index in [9.17, 15) is 26.3 Å². The van der Waals surface area contributed by atoms with Crippen molar-refractivity contribution >= 4 is 23.1 Å². The molecule has 0 fully saturated rings. The molecule has 3 nitrogen and oxygen atoms in total. The van der Waals surface area contributed by atoms with Gasteiger partial charge in [0.05, 0.1) is 21.3 Å². The first kappa shape index (κ1) is 24.2. The summed E-state index contributed by atoms with van der Waals surface area (Å²) < 4.78 is 131. The van der Waals surface area contributed by atoms with Gasteiger partial charge in [0.25, 0.3) is 6.71 Å². The van der Waals surface area contributed by atoms with Gasteiger partial charge in [0.15, 0.2) is 46.3 Å². The predicted molar refractivity (Wildman–Crippen MR) is 103 cm³/mol. The van der Waals surface area contributed by atoms with E-state index in [1.165, 1.54) is 0 Å². The van der Waals surface area contributed by atoms with Crippen molar-refractivity contribution in [3.05, 3.63) is 70.8 Å². The molecule has 0 aliphatic heterocycles. The Hall–Kier alpha value is -3.44. The van der Waals surface area contributed by atoms with Crippen molar-refractivity contribution in [2.45, 2.75) is 0 Å². The van der Waals surface area contributed by atoms with Crippen LogP contribution in [0.25, 0.3) is 0 Å². The van der Waals surface area contributed by atoms with Gasteiger partial charge in [-0.1, -0.05) is 0 Å². The van der Waals surface area contributed by atoms with E-state index in [4.69, 9.17) is 4.74 Å². The van der Waals surface area contributed by atoms with E-state index in [-0.39, 0.29) is 18.2 Å². The largest absolute Gasteiger partial charge is 0.494 e. The Morgan fingerprint density at radius 1 is 0.515 bits per heavy atom. The van der Waals surface area contributed by atoms with Crippen LogP contribution >= 0.6 is 0 Å². The van der Waals surface area contributed by atoms with Gasteiger partial charge >= 0.3 is 0 Å². The van der Waals surface area contributed by atoms with Crippen molar-refractivity contribution in [1.29, 1.82) is 0 Å². The van der Waals surface area contributed by atoms with E-state index in [0.29, 0.717) is 6.07 Å². The standard InChI is InChI=1S/C21H13BF8O3/c1-31-15-4-8(9(23)5-10(15)24)22(16-11(25)6-13(27)20(32-2)18(16)29)17-12(26)7-14(28)21(33-3)19(17)30/h4-7H,1-3H3. The first-order valence-corrected chi connectivity index (χ1v) is 9.02. The molecule has 0 bridgehead atoms. The summed E-state index contributed by atoms with van der Waals surface area (Å²) in [6.45, 7) is -2.36. The van der Waals surface area contributed by atoms with Crippen molar-refractivity contribution in [2.24, 2.45) is 0 Å². The maximum atomic E-state index is 15.2. The van der Waals surface area contributed by atoms with E-state index < -0.39 is 86.9 Å². The maximum absolute atomic E-state index is 15.2. The lowest BCUT2D eigenvalue weighted by atomic mass is 9.36. The third-order valence-electron chi connectivity index (χ3n) is 4.89. The highest BCUT2D eigenvalue weighted by atomic mass is 19.2. The Balaban J connectivity index is 2.52. The third kappa shape index (κ3) is 4.05. The Labute approximate surface area is 182 Å². The van der Waals surface area contributed by atoms with E-state index in [0.717, 1.165) is 21.3 Å². The second kappa shape index (κ2) is 9.20. The molecule has 33 heavy (non-hydrogen) atoms. The topological polar surface area (TPSA) is 27.7 Å². The number of halogens is 8. The number of rotatable bonds is 6. The van der Waals surface area contributed by atoms with Gasteiger partial charge in [0, 0.05) is 29.1 Å². The zero-order valence-electron chi connectivity index (χ0n) is 17.1. The number of benzene rings is 3. The molecule has 0 aromatic heterocycles. The van der Waals surface area contributed by atoms with Gasteiger partial charge in [0.1, 0.15) is 17.5 Å². The van der Waals surface area contributed by atoms with E-state index in [1.54, 1.807) is 0 Å². The van der Waals surface area contributed by atoms with Gasteiger partial charge in [-0.05, 0) is 11.5 Å². The van der Waals surface area contributed by atoms with Gasteiger partial charge < -0.3 is 14.2 Å². The zero-order chi connectivity index (χ0) is 24.6. The zero-order valence-corrected chi connectivity index (χ0v) is 17.1. The van der Waals surface area contributed by atoms with E-state index >= 15 is 8.78 Å². The molecule has 174 valence electrons. The predicted octanol–water partition coefficient (Wildman–Crippen LogP) is 3.34. The summed E-state index contributed by atoms with van der Waals surface area (Å²) in [7, 11) is 2.66. The fourth-order valence-corrected chi connectivity index (χ4v) is 3.45. The second-order valence-electron chi connectivity index (χ2n) is 6.64. The van der Waals surface area contributed by atoms with Crippen LogP contribution in [0.1, 0.15) is 0 Å². The highest BCUT2D eigenvalue weighted by Crippen LogP contribution is 2.26. The minimum absolute atomic E-state index is 0.152. The van der Waals surface area contributed by atoms with Crippen LogP contribution in [0.3, 0.4) is 0 Å². The van der Waals surface area contributed by atoms with Crippen molar-refractivity contribution < 1.29 is 49.3 Å². The summed E-state index contributed by atoms with van der Waals surface area (Å²) in [5.74, 6) is -15.5. The lowest BCUT2D eigenvalue weighted by Gasteiger charge is -2.21. The molecule has 0 heterocycles. The van der Waals surface area contributed by atoms with Crippen molar-refractivity contribution in [2.75, 3.05) is 21.3 Å². The highest BCUT2D eigenvalue weighted by Gasteiger charge is 2.39. The molecule has 12 heteroatoms. The molecule has 0 unspecified atom stereocenters. The smallest absolute Gasteiger partial charge is 0.260 e. The van der Waals surface area contributed by atoms with Gasteiger partial charge in [-0.3, -0.25) is 0 Å². The average molecular weight is 476 g/mol.